The lowest BCUT2D eigenvalue weighted by atomic mass is 9.92. The molecule has 7 heteroatoms. The number of esters is 2. The van der Waals surface area contributed by atoms with Crippen LogP contribution in [0.4, 0.5) is 0 Å². The standard InChI is InChI=1S/C19H14BNO5/c1-11(22)25-14-5-3-13(4-6-14)21-10-18(20)17-9-15(26-12(2)23)7-8-16(17)19(21)24/h3-10H,1-2H3. The molecule has 6 nitrogen and oxygen atoms in total. The van der Waals surface area contributed by atoms with Crippen LogP contribution in [0, 0.1) is 0 Å². The van der Waals surface area contributed by atoms with E-state index in [1.54, 1.807) is 42.5 Å². The van der Waals surface area contributed by atoms with E-state index in [-0.39, 0.29) is 5.56 Å². The number of ether oxygens (including phenoxy) is 2. The first-order chi connectivity index (χ1) is 12.3. The summed E-state index contributed by atoms with van der Waals surface area (Å²) in [4.78, 5) is 34.9. The number of hydrogen-bond acceptors (Lipinski definition) is 5. The van der Waals surface area contributed by atoms with Crippen molar-refractivity contribution in [2.45, 2.75) is 13.8 Å². The summed E-state index contributed by atoms with van der Waals surface area (Å²) >= 11 is 0. The Morgan fingerprint density at radius 3 is 2.08 bits per heavy atom. The molecule has 3 aromatic rings. The zero-order valence-corrected chi connectivity index (χ0v) is 14.2. The Kier molecular flexibility index (Phi) is 4.62. The molecule has 1 aromatic heterocycles. The fraction of sp³-hybridized carbons (Fsp3) is 0.105. The lowest BCUT2D eigenvalue weighted by Gasteiger charge is -2.12. The number of benzene rings is 2. The summed E-state index contributed by atoms with van der Waals surface area (Å²) in [7, 11) is 6.09. The van der Waals surface area contributed by atoms with Gasteiger partial charge < -0.3 is 9.47 Å². The third-order valence-corrected chi connectivity index (χ3v) is 3.66. The Labute approximate surface area is 150 Å². The van der Waals surface area contributed by atoms with Crippen molar-refractivity contribution in [2.75, 3.05) is 0 Å². The van der Waals surface area contributed by atoms with Crippen LogP contribution in [0.15, 0.2) is 53.5 Å². The Hall–Kier alpha value is -3.35. The molecule has 0 saturated heterocycles. The second kappa shape index (κ2) is 6.88. The van der Waals surface area contributed by atoms with Gasteiger partial charge in [-0.25, -0.2) is 0 Å². The first-order valence-corrected chi connectivity index (χ1v) is 7.77. The zero-order valence-electron chi connectivity index (χ0n) is 14.2. The van der Waals surface area contributed by atoms with Gasteiger partial charge in [-0.15, -0.1) is 0 Å². The van der Waals surface area contributed by atoms with Crippen LogP contribution < -0.4 is 20.5 Å². The molecule has 1 heterocycles. The minimum Gasteiger partial charge on any atom is -0.427 e. The lowest BCUT2D eigenvalue weighted by molar-refractivity contribution is -0.132. The van der Waals surface area contributed by atoms with Crippen molar-refractivity contribution in [3.05, 3.63) is 59.0 Å². The molecule has 0 aliphatic carbocycles. The van der Waals surface area contributed by atoms with Gasteiger partial charge in [-0.05, 0) is 47.9 Å². The Morgan fingerprint density at radius 1 is 0.885 bits per heavy atom. The van der Waals surface area contributed by atoms with E-state index in [2.05, 4.69) is 0 Å². The third kappa shape index (κ3) is 3.51. The number of rotatable bonds is 3. The monoisotopic (exact) mass is 347 g/mol. The molecule has 0 saturated carbocycles. The van der Waals surface area contributed by atoms with E-state index < -0.39 is 11.9 Å². The highest BCUT2D eigenvalue weighted by Gasteiger charge is 2.10. The van der Waals surface area contributed by atoms with Crippen molar-refractivity contribution in [3.8, 4) is 17.2 Å². The maximum Gasteiger partial charge on any atom is 0.308 e. The normalized spacial score (nSPS) is 10.5. The number of carbonyl (C=O) groups is 2. The quantitative estimate of drug-likeness (QED) is 0.409. The topological polar surface area (TPSA) is 74.6 Å². The maximum atomic E-state index is 12.8. The van der Waals surface area contributed by atoms with Gasteiger partial charge in [0, 0.05) is 31.1 Å². The minimum atomic E-state index is -0.455. The van der Waals surface area contributed by atoms with Crippen LogP contribution in [-0.4, -0.2) is 24.4 Å². The highest BCUT2D eigenvalue weighted by molar-refractivity contribution is 6.38. The molecule has 0 bridgehead atoms. The van der Waals surface area contributed by atoms with Gasteiger partial charge in [-0.3, -0.25) is 19.0 Å². The summed E-state index contributed by atoms with van der Waals surface area (Å²) in [6.07, 6.45) is 1.50. The smallest absolute Gasteiger partial charge is 0.308 e. The summed E-state index contributed by atoms with van der Waals surface area (Å²) in [5, 5.41) is 0.895. The van der Waals surface area contributed by atoms with Crippen molar-refractivity contribution >= 4 is 36.0 Å². The first kappa shape index (κ1) is 17.5. The van der Waals surface area contributed by atoms with Gasteiger partial charge in [0.05, 0.1) is 0 Å². The van der Waals surface area contributed by atoms with E-state index in [1.807, 2.05) is 0 Å². The maximum absolute atomic E-state index is 12.8. The number of carbonyl (C=O) groups excluding carboxylic acids is 2. The molecule has 0 N–H and O–H groups in total. The van der Waals surface area contributed by atoms with Crippen LogP contribution in [0.1, 0.15) is 13.8 Å². The van der Waals surface area contributed by atoms with Gasteiger partial charge in [0.25, 0.3) is 5.56 Å². The summed E-state index contributed by atoms with van der Waals surface area (Å²) in [5.74, 6) is -0.175. The number of hydrogen-bond donors (Lipinski definition) is 0. The molecule has 0 aliphatic rings. The van der Waals surface area contributed by atoms with Crippen molar-refractivity contribution in [3.63, 3.8) is 0 Å². The van der Waals surface area contributed by atoms with Crippen LogP contribution in [0.5, 0.6) is 11.5 Å². The van der Waals surface area contributed by atoms with Gasteiger partial charge in [0.2, 0.25) is 0 Å². The first-order valence-electron chi connectivity index (χ1n) is 7.77. The number of pyridine rings is 1. The molecule has 26 heavy (non-hydrogen) atoms. The molecule has 2 aromatic carbocycles. The minimum absolute atomic E-state index is 0.274. The molecule has 128 valence electrons. The fourth-order valence-electron chi connectivity index (χ4n) is 2.61. The average molecular weight is 347 g/mol. The van der Waals surface area contributed by atoms with E-state index in [4.69, 9.17) is 17.3 Å². The number of nitrogens with zero attached hydrogens (tertiary/aromatic N) is 1. The summed E-state index contributed by atoms with van der Waals surface area (Å²) < 4.78 is 11.4. The Bertz CT molecular complexity index is 1070. The van der Waals surface area contributed by atoms with Gasteiger partial charge in [0.1, 0.15) is 19.3 Å². The Balaban J connectivity index is 2.07. The van der Waals surface area contributed by atoms with Crippen LogP contribution >= 0.6 is 0 Å². The largest absolute Gasteiger partial charge is 0.427 e. The van der Waals surface area contributed by atoms with Crippen LogP contribution in [-0.2, 0) is 9.59 Å². The van der Waals surface area contributed by atoms with Crippen molar-refractivity contribution < 1.29 is 19.1 Å². The van der Waals surface area contributed by atoms with E-state index in [0.29, 0.717) is 33.4 Å². The lowest BCUT2D eigenvalue weighted by Crippen LogP contribution is -2.24. The summed E-state index contributed by atoms with van der Waals surface area (Å²) in [6.45, 7) is 2.61. The highest BCUT2D eigenvalue weighted by atomic mass is 16.5. The van der Waals surface area contributed by atoms with Crippen molar-refractivity contribution in [2.24, 2.45) is 0 Å². The van der Waals surface area contributed by atoms with Crippen molar-refractivity contribution in [1.82, 2.24) is 4.57 Å². The van der Waals surface area contributed by atoms with Gasteiger partial charge in [-0.2, -0.15) is 0 Å². The van der Waals surface area contributed by atoms with Crippen LogP contribution in [0.25, 0.3) is 16.5 Å². The molecular weight excluding hydrogens is 333 g/mol. The van der Waals surface area contributed by atoms with E-state index in [1.165, 1.54) is 24.6 Å². The Morgan fingerprint density at radius 2 is 1.46 bits per heavy atom. The second-order valence-corrected chi connectivity index (χ2v) is 5.65. The highest BCUT2D eigenvalue weighted by Crippen LogP contribution is 2.19. The summed E-state index contributed by atoms with van der Waals surface area (Å²) in [5.41, 5.74) is 0.657. The molecule has 3 rings (SSSR count). The molecule has 0 aliphatic heterocycles. The third-order valence-electron chi connectivity index (χ3n) is 3.66. The van der Waals surface area contributed by atoms with Crippen LogP contribution in [0.3, 0.4) is 0 Å². The van der Waals surface area contributed by atoms with E-state index in [0.717, 1.165) is 0 Å². The predicted octanol–water partition coefficient (Wildman–Crippen LogP) is 1.64. The predicted molar refractivity (Wildman–Crippen MR) is 97.6 cm³/mol. The van der Waals surface area contributed by atoms with E-state index in [9.17, 15) is 14.4 Å². The fourth-order valence-corrected chi connectivity index (χ4v) is 2.61. The number of fused-ring (bicyclic) bond motifs is 1. The van der Waals surface area contributed by atoms with Gasteiger partial charge in [0.15, 0.2) is 0 Å². The molecule has 0 atom stereocenters. The molecule has 2 radical (unpaired) electrons. The molecule has 0 fully saturated rings. The van der Waals surface area contributed by atoms with Crippen LogP contribution in [0.2, 0.25) is 0 Å². The SMILES string of the molecule is [B]c1cn(-c2ccc(OC(C)=O)cc2)c(=O)c2ccc(OC(C)=O)cc12. The van der Waals surface area contributed by atoms with Gasteiger partial charge in [-0.1, -0.05) is 5.46 Å². The summed E-state index contributed by atoms with van der Waals surface area (Å²) in [6, 6.07) is 11.1. The molecule has 0 unspecified atom stereocenters. The zero-order chi connectivity index (χ0) is 18.8. The average Bonchev–Trinajstić information content (AvgIpc) is 2.58. The molecule has 0 spiro atoms. The molecule has 0 amide bonds. The second-order valence-electron chi connectivity index (χ2n) is 5.65. The van der Waals surface area contributed by atoms with Crippen molar-refractivity contribution in [1.29, 1.82) is 0 Å². The van der Waals surface area contributed by atoms with E-state index >= 15 is 0 Å². The number of aromatic nitrogens is 1. The van der Waals surface area contributed by atoms with Gasteiger partial charge >= 0.3 is 11.9 Å². The molecular formula is C19H14BNO5.